The first-order valence-electron chi connectivity index (χ1n) is 9.91. The number of nitrogens with one attached hydrogen (secondary N) is 2. The summed E-state index contributed by atoms with van der Waals surface area (Å²) in [5.41, 5.74) is 1.78. The molecule has 0 spiro atoms. The van der Waals surface area contributed by atoms with E-state index >= 15 is 0 Å². The lowest BCUT2D eigenvalue weighted by atomic mass is 10.1. The normalized spacial score (nSPS) is 11.5. The lowest BCUT2D eigenvalue weighted by Crippen LogP contribution is -2.19. The predicted octanol–water partition coefficient (Wildman–Crippen LogP) is 6.27. The first-order chi connectivity index (χ1) is 15.8. The highest BCUT2D eigenvalue weighted by Gasteiger charge is 2.23. The number of thioether (sulfide) groups is 1. The number of halogens is 2. The predicted molar refractivity (Wildman–Crippen MR) is 132 cm³/mol. The van der Waals surface area contributed by atoms with Gasteiger partial charge in [-0.15, -0.1) is 11.8 Å². The van der Waals surface area contributed by atoms with Crippen LogP contribution in [0.4, 0.5) is 11.4 Å². The van der Waals surface area contributed by atoms with Crippen molar-refractivity contribution in [1.82, 2.24) is 0 Å². The molecular formula is C24H20Cl2N2O4S. The molecule has 170 valence electrons. The van der Waals surface area contributed by atoms with E-state index in [-0.39, 0.29) is 29.7 Å². The molecule has 0 fully saturated rings. The summed E-state index contributed by atoms with van der Waals surface area (Å²) in [6.45, 7) is 0. The Bertz CT molecular complexity index is 1140. The van der Waals surface area contributed by atoms with Crippen LogP contribution in [0.1, 0.15) is 23.7 Å². The minimum absolute atomic E-state index is 0.103. The summed E-state index contributed by atoms with van der Waals surface area (Å²) in [6.07, 6.45) is -0.335. The van der Waals surface area contributed by atoms with Crippen molar-refractivity contribution in [3.05, 3.63) is 88.4 Å². The first kappa shape index (κ1) is 24.6. The number of amides is 2. The van der Waals surface area contributed by atoms with Gasteiger partial charge in [-0.2, -0.15) is 0 Å². The molecule has 0 radical (unpaired) electrons. The first-order valence-corrected chi connectivity index (χ1v) is 11.5. The summed E-state index contributed by atoms with van der Waals surface area (Å²) in [7, 11) is 0. The maximum atomic E-state index is 13.2. The van der Waals surface area contributed by atoms with Gasteiger partial charge >= 0.3 is 5.97 Å². The summed E-state index contributed by atoms with van der Waals surface area (Å²) in [5, 5.41) is 14.2. The number of carbonyl (C=O) groups excluding carboxylic acids is 2. The Balaban J connectivity index is 1.74. The minimum atomic E-state index is -1.03. The maximum Gasteiger partial charge on any atom is 0.303 e. The van der Waals surface area contributed by atoms with Crippen molar-refractivity contribution in [3.63, 3.8) is 0 Å². The van der Waals surface area contributed by atoms with E-state index in [4.69, 9.17) is 28.3 Å². The molecule has 1 unspecified atom stereocenters. The third kappa shape index (κ3) is 7.25. The van der Waals surface area contributed by atoms with E-state index in [1.165, 1.54) is 11.8 Å². The molecule has 3 N–H and O–H groups in total. The Morgan fingerprint density at radius 1 is 0.848 bits per heavy atom. The molecule has 0 heterocycles. The number of carboxylic acids is 1. The number of carbonyl (C=O) groups is 3. The zero-order chi connectivity index (χ0) is 23.8. The average Bonchev–Trinajstić information content (AvgIpc) is 2.80. The molecule has 3 aromatic rings. The number of hydrogen-bond donors (Lipinski definition) is 3. The number of hydrogen-bond acceptors (Lipinski definition) is 4. The van der Waals surface area contributed by atoms with E-state index in [9.17, 15) is 14.4 Å². The van der Waals surface area contributed by atoms with Gasteiger partial charge in [-0.1, -0.05) is 59.6 Å². The van der Waals surface area contributed by atoms with Crippen LogP contribution in [0.15, 0.2) is 77.7 Å². The molecule has 33 heavy (non-hydrogen) atoms. The molecule has 0 aliphatic rings. The van der Waals surface area contributed by atoms with Crippen molar-refractivity contribution in [2.45, 2.75) is 23.0 Å². The molecular weight excluding hydrogens is 483 g/mol. The van der Waals surface area contributed by atoms with Crippen LogP contribution in [0.25, 0.3) is 0 Å². The van der Waals surface area contributed by atoms with Crippen molar-refractivity contribution in [3.8, 4) is 0 Å². The monoisotopic (exact) mass is 502 g/mol. The fourth-order valence-corrected chi connectivity index (χ4v) is 4.27. The number of benzene rings is 3. The Morgan fingerprint density at radius 3 is 2.21 bits per heavy atom. The molecule has 9 heteroatoms. The standard InChI is InChI=1S/C24H20Cl2N2O4S/c25-18-7-4-8-19(22(18)26)28-24(32)23(15-5-2-1-3-6-15)33-17-11-9-16(10-12-17)27-20(29)13-14-21(30)31/h1-12,23H,13-14H2,(H,27,29)(H,28,32)(H,30,31). The van der Waals surface area contributed by atoms with Gasteiger partial charge in [0.15, 0.2) is 0 Å². The van der Waals surface area contributed by atoms with E-state index in [2.05, 4.69) is 10.6 Å². The van der Waals surface area contributed by atoms with Crippen LogP contribution in [0.2, 0.25) is 10.0 Å². The highest BCUT2D eigenvalue weighted by molar-refractivity contribution is 8.00. The Hall–Kier alpha value is -3.00. The Kier molecular flexibility index (Phi) is 8.77. The second-order valence-electron chi connectivity index (χ2n) is 6.97. The lowest BCUT2D eigenvalue weighted by molar-refractivity contribution is -0.138. The highest BCUT2D eigenvalue weighted by Crippen LogP contribution is 2.38. The molecule has 6 nitrogen and oxygen atoms in total. The molecule has 0 aliphatic carbocycles. The van der Waals surface area contributed by atoms with Gasteiger partial charge in [-0.3, -0.25) is 14.4 Å². The smallest absolute Gasteiger partial charge is 0.303 e. The average molecular weight is 503 g/mol. The summed E-state index contributed by atoms with van der Waals surface area (Å²) in [5.74, 6) is -1.67. The minimum Gasteiger partial charge on any atom is -0.481 e. The lowest BCUT2D eigenvalue weighted by Gasteiger charge is -2.18. The molecule has 0 aliphatic heterocycles. The van der Waals surface area contributed by atoms with Gasteiger partial charge in [-0.05, 0) is 42.0 Å². The van der Waals surface area contributed by atoms with Crippen LogP contribution < -0.4 is 10.6 Å². The van der Waals surface area contributed by atoms with Gasteiger partial charge in [-0.25, -0.2) is 0 Å². The molecule has 0 saturated carbocycles. The number of carboxylic acid groups (broad SMARTS) is 1. The number of anilines is 2. The second-order valence-corrected chi connectivity index (χ2v) is 8.93. The largest absolute Gasteiger partial charge is 0.481 e. The fraction of sp³-hybridized carbons (Fsp3) is 0.125. The van der Waals surface area contributed by atoms with E-state index in [1.54, 1.807) is 42.5 Å². The number of aliphatic carboxylic acids is 1. The topological polar surface area (TPSA) is 95.5 Å². The van der Waals surface area contributed by atoms with Crippen molar-refractivity contribution in [1.29, 1.82) is 0 Å². The molecule has 2 amide bonds. The second kappa shape index (κ2) is 11.7. The zero-order valence-electron chi connectivity index (χ0n) is 17.3. The summed E-state index contributed by atoms with van der Waals surface area (Å²) in [6, 6.07) is 21.3. The van der Waals surface area contributed by atoms with Crippen LogP contribution in [0, 0.1) is 0 Å². The molecule has 0 saturated heterocycles. The summed E-state index contributed by atoms with van der Waals surface area (Å²) in [4.78, 5) is 36.4. The molecule has 3 rings (SSSR count). The van der Waals surface area contributed by atoms with Crippen molar-refractivity contribution >= 4 is 64.1 Å². The van der Waals surface area contributed by atoms with E-state index in [0.29, 0.717) is 16.4 Å². The van der Waals surface area contributed by atoms with Gasteiger partial charge in [0, 0.05) is 17.0 Å². The molecule has 0 bridgehead atoms. The Morgan fingerprint density at radius 2 is 1.55 bits per heavy atom. The van der Waals surface area contributed by atoms with Gasteiger partial charge in [0.05, 0.1) is 22.2 Å². The molecule has 3 aromatic carbocycles. The number of rotatable bonds is 9. The molecule has 0 aromatic heterocycles. The van der Waals surface area contributed by atoms with Crippen molar-refractivity contribution in [2.24, 2.45) is 0 Å². The highest BCUT2D eigenvalue weighted by atomic mass is 35.5. The van der Waals surface area contributed by atoms with Crippen molar-refractivity contribution < 1.29 is 19.5 Å². The van der Waals surface area contributed by atoms with Gasteiger partial charge in [0.1, 0.15) is 5.25 Å². The fourth-order valence-electron chi connectivity index (χ4n) is 2.90. The van der Waals surface area contributed by atoms with Gasteiger partial charge in [0.25, 0.3) is 0 Å². The van der Waals surface area contributed by atoms with E-state index in [0.717, 1.165) is 10.5 Å². The van der Waals surface area contributed by atoms with Gasteiger partial charge in [0.2, 0.25) is 11.8 Å². The Labute approximate surface area is 205 Å². The van der Waals surface area contributed by atoms with Crippen LogP contribution in [-0.4, -0.2) is 22.9 Å². The SMILES string of the molecule is O=C(O)CCC(=O)Nc1ccc(SC(C(=O)Nc2cccc(Cl)c2Cl)c2ccccc2)cc1. The maximum absolute atomic E-state index is 13.2. The van der Waals surface area contributed by atoms with Crippen LogP contribution in [0.5, 0.6) is 0 Å². The summed E-state index contributed by atoms with van der Waals surface area (Å²) >= 11 is 13.6. The van der Waals surface area contributed by atoms with Gasteiger partial charge < -0.3 is 15.7 Å². The van der Waals surface area contributed by atoms with Crippen LogP contribution in [-0.2, 0) is 14.4 Å². The van der Waals surface area contributed by atoms with E-state index in [1.807, 2.05) is 30.3 Å². The van der Waals surface area contributed by atoms with Crippen molar-refractivity contribution in [2.75, 3.05) is 10.6 Å². The molecule has 1 atom stereocenters. The summed E-state index contributed by atoms with van der Waals surface area (Å²) < 4.78 is 0. The third-order valence-electron chi connectivity index (χ3n) is 4.51. The van der Waals surface area contributed by atoms with Crippen LogP contribution >= 0.6 is 35.0 Å². The quantitative estimate of drug-likeness (QED) is 0.299. The zero-order valence-corrected chi connectivity index (χ0v) is 19.6. The third-order valence-corrected chi connectivity index (χ3v) is 6.59. The van der Waals surface area contributed by atoms with Crippen LogP contribution in [0.3, 0.4) is 0 Å². The van der Waals surface area contributed by atoms with E-state index < -0.39 is 11.2 Å².